The lowest BCUT2D eigenvalue weighted by Crippen LogP contribution is -1.94. The van der Waals surface area contributed by atoms with Gasteiger partial charge in [0.1, 0.15) is 0 Å². The number of hydrogen-bond acceptors (Lipinski definition) is 0. The fourth-order valence-corrected chi connectivity index (χ4v) is 1.35. The van der Waals surface area contributed by atoms with Crippen LogP contribution in [0.25, 0.3) is 0 Å². The van der Waals surface area contributed by atoms with E-state index in [2.05, 4.69) is 32.9 Å². The lowest BCUT2D eigenvalue weighted by Gasteiger charge is -2.08. The van der Waals surface area contributed by atoms with Gasteiger partial charge in [0.25, 0.3) is 0 Å². The fraction of sp³-hybridized carbons (Fsp3) is 0.800. The third-order valence-electron chi connectivity index (χ3n) is 1.78. The van der Waals surface area contributed by atoms with E-state index in [-0.39, 0.29) is 0 Å². The molecule has 60 valence electrons. The summed E-state index contributed by atoms with van der Waals surface area (Å²) in [7, 11) is 0. The minimum absolute atomic E-state index is 0.847. The van der Waals surface area contributed by atoms with Crippen LogP contribution in [0.15, 0.2) is 12.2 Å². The van der Waals surface area contributed by atoms with Crippen molar-refractivity contribution in [3.05, 3.63) is 12.2 Å². The van der Waals surface area contributed by atoms with Gasteiger partial charge in [-0.1, -0.05) is 38.8 Å². The van der Waals surface area contributed by atoms with Crippen molar-refractivity contribution in [2.45, 2.75) is 46.5 Å². The lowest BCUT2D eigenvalue weighted by atomic mass is 9.98. The molecule has 0 aromatic carbocycles. The zero-order valence-corrected chi connectivity index (χ0v) is 7.56. The first-order valence-electron chi connectivity index (χ1n) is 4.47. The Balaban J connectivity index is 3.50. The molecular formula is C10H20. The van der Waals surface area contributed by atoms with Gasteiger partial charge in [-0.05, 0) is 25.7 Å². The van der Waals surface area contributed by atoms with Crippen molar-refractivity contribution in [3.8, 4) is 0 Å². The van der Waals surface area contributed by atoms with Crippen LogP contribution in [-0.2, 0) is 0 Å². The normalized spacial score (nSPS) is 11.6. The molecule has 0 amide bonds. The molecule has 0 saturated heterocycles. The molecule has 0 heteroatoms. The van der Waals surface area contributed by atoms with Gasteiger partial charge in [-0.25, -0.2) is 0 Å². The van der Waals surface area contributed by atoms with E-state index in [9.17, 15) is 0 Å². The largest absolute Gasteiger partial charge is 0.0914 e. The summed E-state index contributed by atoms with van der Waals surface area (Å²) in [5, 5.41) is 0. The SMILES string of the molecule is C/C=C/C(CCC)CCC. The summed E-state index contributed by atoms with van der Waals surface area (Å²) < 4.78 is 0. The topological polar surface area (TPSA) is 0 Å². The van der Waals surface area contributed by atoms with Gasteiger partial charge in [0, 0.05) is 0 Å². The summed E-state index contributed by atoms with van der Waals surface area (Å²) in [5.74, 6) is 0.847. The molecule has 0 unspecified atom stereocenters. The first-order chi connectivity index (χ1) is 4.85. The molecule has 0 atom stereocenters. The number of rotatable bonds is 5. The van der Waals surface area contributed by atoms with Crippen LogP contribution in [0.5, 0.6) is 0 Å². The third-order valence-corrected chi connectivity index (χ3v) is 1.78. The maximum atomic E-state index is 2.34. The van der Waals surface area contributed by atoms with E-state index in [0.717, 1.165) is 5.92 Å². The minimum atomic E-state index is 0.847. The zero-order chi connectivity index (χ0) is 7.82. The van der Waals surface area contributed by atoms with Crippen molar-refractivity contribution in [1.82, 2.24) is 0 Å². The van der Waals surface area contributed by atoms with Gasteiger partial charge in [-0.15, -0.1) is 0 Å². The van der Waals surface area contributed by atoms with E-state index in [4.69, 9.17) is 0 Å². The predicted octanol–water partition coefficient (Wildman–Crippen LogP) is 3.78. The summed E-state index contributed by atoms with van der Waals surface area (Å²) in [6.45, 7) is 6.62. The molecule has 0 radical (unpaired) electrons. The number of allylic oxidation sites excluding steroid dienone is 2. The molecule has 0 N–H and O–H groups in total. The van der Waals surface area contributed by atoms with Gasteiger partial charge < -0.3 is 0 Å². The van der Waals surface area contributed by atoms with E-state index in [1.807, 2.05) is 0 Å². The summed E-state index contributed by atoms with van der Waals surface area (Å²) in [6, 6.07) is 0. The Labute approximate surface area is 65.3 Å². The molecular weight excluding hydrogens is 120 g/mol. The van der Waals surface area contributed by atoms with Crippen molar-refractivity contribution < 1.29 is 0 Å². The highest BCUT2D eigenvalue weighted by Crippen LogP contribution is 2.14. The Kier molecular flexibility index (Phi) is 6.68. The van der Waals surface area contributed by atoms with Gasteiger partial charge in [0.15, 0.2) is 0 Å². The molecule has 0 aromatic heterocycles. The van der Waals surface area contributed by atoms with Gasteiger partial charge in [-0.2, -0.15) is 0 Å². The van der Waals surface area contributed by atoms with Crippen molar-refractivity contribution in [2.24, 2.45) is 5.92 Å². The second-order valence-corrected chi connectivity index (χ2v) is 2.86. The van der Waals surface area contributed by atoms with Crippen LogP contribution in [-0.4, -0.2) is 0 Å². The average Bonchev–Trinajstić information content (AvgIpc) is 1.90. The Morgan fingerprint density at radius 3 is 1.90 bits per heavy atom. The Bertz CT molecular complexity index is 76.0. The number of hydrogen-bond donors (Lipinski definition) is 0. The summed E-state index contributed by atoms with van der Waals surface area (Å²) in [6.07, 6.45) is 9.86. The lowest BCUT2D eigenvalue weighted by molar-refractivity contribution is 0.529. The average molecular weight is 140 g/mol. The summed E-state index contributed by atoms with van der Waals surface area (Å²) in [4.78, 5) is 0. The maximum Gasteiger partial charge on any atom is -0.0234 e. The van der Waals surface area contributed by atoms with Crippen LogP contribution >= 0.6 is 0 Å². The van der Waals surface area contributed by atoms with Crippen LogP contribution in [0.3, 0.4) is 0 Å². The molecule has 10 heavy (non-hydrogen) atoms. The molecule has 0 rings (SSSR count). The third kappa shape index (κ3) is 4.60. The highest BCUT2D eigenvalue weighted by molar-refractivity contribution is 4.84. The van der Waals surface area contributed by atoms with Gasteiger partial charge in [-0.3, -0.25) is 0 Å². The molecule has 0 aliphatic carbocycles. The summed E-state index contributed by atoms with van der Waals surface area (Å²) >= 11 is 0. The van der Waals surface area contributed by atoms with E-state index in [0.29, 0.717) is 0 Å². The second-order valence-electron chi connectivity index (χ2n) is 2.86. The first-order valence-corrected chi connectivity index (χ1v) is 4.47. The van der Waals surface area contributed by atoms with E-state index in [1.54, 1.807) is 0 Å². The fourth-order valence-electron chi connectivity index (χ4n) is 1.35. The van der Waals surface area contributed by atoms with E-state index in [1.165, 1.54) is 25.7 Å². The highest BCUT2D eigenvalue weighted by Gasteiger charge is 1.99. The van der Waals surface area contributed by atoms with Crippen molar-refractivity contribution in [1.29, 1.82) is 0 Å². The van der Waals surface area contributed by atoms with Gasteiger partial charge >= 0.3 is 0 Å². The van der Waals surface area contributed by atoms with Crippen LogP contribution in [0, 0.1) is 5.92 Å². The van der Waals surface area contributed by atoms with Crippen molar-refractivity contribution >= 4 is 0 Å². The molecule has 0 aliphatic heterocycles. The highest BCUT2D eigenvalue weighted by atomic mass is 14.0. The molecule has 0 aliphatic rings. The predicted molar refractivity (Wildman–Crippen MR) is 48.1 cm³/mol. The van der Waals surface area contributed by atoms with Gasteiger partial charge in [0.2, 0.25) is 0 Å². The molecule has 0 aromatic rings. The Morgan fingerprint density at radius 2 is 1.60 bits per heavy atom. The molecule has 0 saturated carbocycles. The molecule has 0 nitrogen and oxygen atoms in total. The first kappa shape index (κ1) is 9.74. The van der Waals surface area contributed by atoms with Gasteiger partial charge in [0.05, 0.1) is 0 Å². The van der Waals surface area contributed by atoms with E-state index >= 15 is 0 Å². The van der Waals surface area contributed by atoms with Crippen LogP contribution in [0.1, 0.15) is 46.5 Å². The summed E-state index contributed by atoms with van der Waals surface area (Å²) in [5.41, 5.74) is 0. The second kappa shape index (κ2) is 6.85. The smallest absolute Gasteiger partial charge is 0.0234 e. The van der Waals surface area contributed by atoms with Crippen LogP contribution in [0.2, 0.25) is 0 Å². The van der Waals surface area contributed by atoms with Crippen molar-refractivity contribution in [2.75, 3.05) is 0 Å². The monoisotopic (exact) mass is 140 g/mol. The van der Waals surface area contributed by atoms with Crippen molar-refractivity contribution in [3.63, 3.8) is 0 Å². The van der Waals surface area contributed by atoms with Crippen LogP contribution < -0.4 is 0 Å². The Hall–Kier alpha value is -0.260. The van der Waals surface area contributed by atoms with E-state index < -0.39 is 0 Å². The molecule has 0 heterocycles. The standard InChI is InChI=1S/C10H20/c1-4-7-10(8-5-2)9-6-3/h4,7,10H,5-6,8-9H2,1-3H3/b7-4+. The molecule has 0 fully saturated rings. The van der Waals surface area contributed by atoms with Crippen LogP contribution in [0.4, 0.5) is 0 Å². The zero-order valence-electron chi connectivity index (χ0n) is 7.56. The maximum absolute atomic E-state index is 2.34. The minimum Gasteiger partial charge on any atom is -0.0914 e. The quantitative estimate of drug-likeness (QED) is 0.510. The molecule has 0 spiro atoms. The Morgan fingerprint density at radius 1 is 1.10 bits per heavy atom. The molecule has 0 bridgehead atoms.